The van der Waals surface area contributed by atoms with Gasteiger partial charge < -0.3 is 5.73 Å². The molecule has 72 valence electrons. The molecule has 0 saturated heterocycles. The summed E-state index contributed by atoms with van der Waals surface area (Å²) >= 11 is 5.78. The Kier molecular flexibility index (Phi) is 3.45. The van der Waals surface area contributed by atoms with Gasteiger partial charge in [-0.25, -0.2) is 0 Å². The molecule has 0 radical (unpaired) electrons. The van der Waals surface area contributed by atoms with E-state index in [0.29, 0.717) is 30.1 Å². The molecule has 1 aromatic rings. The Morgan fingerprint density at radius 1 is 1.77 bits per heavy atom. The summed E-state index contributed by atoms with van der Waals surface area (Å²) in [6.45, 7) is 0.515. The van der Waals surface area contributed by atoms with Crippen LogP contribution in [-0.4, -0.2) is 22.1 Å². The number of hydrogen-bond acceptors (Lipinski definition) is 3. The van der Waals surface area contributed by atoms with E-state index in [1.807, 2.05) is 0 Å². The number of aromatic nitrogens is 2. The standard InChI is InChI=1S/C8H12ClN3O/c1-12-8(6(9)5-11-12)7(13)3-2-4-10/h5H,2-4,10H2,1H3. The van der Waals surface area contributed by atoms with Crippen LogP contribution >= 0.6 is 11.6 Å². The van der Waals surface area contributed by atoms with Gasteiger partial charge >= 0.3 is 0 Å². The Hall–Kier alpha value is -0.870. The summed E-state index contributed by atoms with van der Waals surface area (Å²) in [5.74, 6) is -0.00421. The smallest absolute Gasteiger partial charge is 0.182 e. The molecule has 2 N–H and O–H groups in total. The molecule has 0 saturated carbocycles. The fourth-order valence-electron chi connectivity index (χ4n) is 1.11. The van der Waals surface area contributed by atoms with Crippen LogP contribution in [-0.2, 0) is 7.05 Å². The van der Waals surface area contributed by atoms with Crippen LogP contribution in [0, 0.1) is 0 Å². The van der Waals surface area contributed by atoms with Crippen molar-refractivity contribution in [2.75, 3.05) is 6.54 Å². The normalized spacial score (nSPS) is 10.4. The first kappa shape index (κ1) is 10.2. The minimum atomic E-state index is -0.00421. The third kappa shape index (κ3) is 2.29. The Morgan fingerprint density at radius 3 is 2.92 bits per heavy atom. The average molecular weight is 202 g/mol. The molecule has 0 fully saturated rings. The minimum Gasteiger partial charge on any atom is -0.330 e. The highest BCUT2D eigenvalue weighted by Crippen LogP contribution is 2.16. The van der Waals surface area contributed by atoms with Gasteiger partial charge in [-0.1, -0.05) is 11.6 Å². The number of Topliss-reactive ketones (excluding diaryl/α,β-unsaturated/α-hetero) is 1. The summed E-state index contributed by atoms with van der Waals surface area (Å²) in [6, 6.07) is 0. The van der Waals surface area contributed by atoms with Gasteiger partial charge in [-0.05, 0) is 13.0 Å². The highest BCUT2D eigenvalue weighted by Gasteiger charge is 2.14. The van der Waals surface area contributed by atoms with E-state index < -0.39 is 0 Å². The molecule has 13 heavy (non-hydrogen) atoms. The molecular weight excluding hydrogens is 190 g/mol. The molecule has 0 aliphatic carbocycles. The lowest BCUT2D eigenvalue weighted by atomic mass is 10.1. The number of nitrogens with two attached hydrogens (primary N) is 1. The Labute approximate surface area is 81.7 Å². The zero-order valence-electron chi connectivity index (χ0n) is 7.46. The minimum absolute atomic E-state index is 0.00421. The van der Waals surface area contributed by atoms with Gasteiger partial charge in [0.1, 0.15) is 5.69 Å². The van der Waals surface area contributed by atoms with E-state index in [4.69, 9.17) is 17.3 Å². The van der Waals surface area contributed by atoms with Crippen LogP contribution in [0.2, 0.25) is 5.02 Å². The van der Waals surface area contributed by atoms with Crippen molar-refractivity contribution in [3.05, 3.63) is 16.9 Å². The molecule has 0 bridgehead atoms. The van der Waals surface area contributed by atoms with Crippen LogP contribution in [0.5, 0.6) is 0 Å². The SMILES string of the molecule is Cn1ncc(Cl)c1C(=O)CCCN. The van der Waals surface area contributed by atoms with Crippen LogP contribution in [0.25, 0.3) is 0 Å². The zero-order chi connectivity index (χ0) is 9.84. The number of carbonyl (C=O) groups excluding carboxylic acids is 1. The predicted octanol–water partition coefficient (Wildman–Crippen LogP) is 0.995. The molecule has 0 atom stereocenters. The number of ketones is 1. The maximum atomic E-state index is 11.5. The van der Waals surface area contributed by atoms with Crippen molar-refractivity contribution in [1.29, 1.82) is 0 Å². The third-order valence-electron chi connectivity index (χ3n) is 1.77. The van der Waals surface area contributed by atoms with Crippen molar-refractivity contribution in [3.63, 3.8) is 0 Å². The zero-order valence-corrected chi connectivity index (χ0v) is 8.21. The molecule has 1 heterocycles. The highest BCUT2D eigenvalue weighted by atomic mass is 35.5. The van der Waals surface area contributed by atoms with E-state index in [1.54, 1.807) is 7.05 Å². The van der Waals surface area contributed by atoms with Crippen molar-refractivity contribution in [1.82, 2.24) is 9.78 Å². The number of nitrogens with zero attached hydrogens (tertiary/aromatic N) is 2. The van der Waals surface area contributed by atoms with E-state index in [0.717, 1.165) is 0 Å². The number of aryl methyl sites for hydroxylation is 1. The summed E-state index contributed by atoms with van der Waals surface area (Å²) < 4.78 is 1.49. The Morgan fingerprint density at radius 2 is 2.46 bits per heavy atom. The predicted molar refractivity (Wildman–Crippen MR) is 50.8 cm³/mol. The summed E-state index contributed by atoms with van der Waals surface area (Å²) in [4.78, 5) is 11.5. The second kappa shape index (κ2) is 4.39. The van der Waals surface area contributed by atoms with Crippen LogP contribution in [0.15, 0.2) is 6.20 Å². The lowest BCUT2D eigenvalue weighted by Crippen LogP contribution is -2.09. The number of halogens is 1. The molecule has 0 aromatic carbocycles. The Bertz CT molecular complexity index is 289. The van der Waals surface area contributed by atoms with E-state index in [9.17, 15) is 4.79 Å². The molecule has 5 heteroatoms. The topological polar surface area (TPSA) is 60.9 Å². The summed E-state index contributed by atoms with van der Waals surface area (Å²) in [7, 11) is 1.70. The molecule has 1 aromatic heterocycles. The number of hydrogen-bond donors (Lipinski definition) is 1. The first-order chi connectivity index (χ1) is 6.16. The van der Waals surface area contributed by atoms with E-state index in [2.05, 4.69) is 5.10 Å². The first-order valence-electron chi connectivity index (χ1n) is 4.07. The first-order valence-corrected chi connectivity index (χ1v) is 4.45. The van der Waals surface area contributed by atoms with Crippen molar-refractivity contribution < 1.29 is 4.79 Å². The number of carbonyl (C=O) groups is 1. The van der Waals surface area contributed by atoms with Gasteiger partial charge in [0.2, 0.25) is 0 Å². The lowest BCUT2D eigenvalue weighted by Gasteiger charge is -2.00. The summed E-state index contributed by atoms with van der Waals surface area (Å²) in [6.07, 6.45) is 2.58. The van der Waals surface area contributed by atoms with E-state index in [-0.39, 0.29) is 5.78 Å². The van der Waals surface area contributed by atoms with Gasteiger partial charge in [0, 0.05) is 13.5 Å². The van der Waals surface area contributed by atoms with E-state index >= 15 is 0 Å². The van der Waals surface area contributed by atoms with Crippen LogP contribution in [0.4, 0.5) is 0 Å². The Balaban J connectivity index is 2.76. The lowest BCUT2D eigenvalue weighted by molar-refractivity contribution is 0.0972. The molecule has 0 aliphatic rings. The molecular formula is C8H12ClN3O. The maximum Gasteiger partial charge on any atom is 0.182 e. The fraction of sp³-hybridized carbons (Fsp3) is 0.500. The molecule has 1 rings (SSSR count). The largest absolute Gasteiger partial charge is 0.330 e. The van der Waals surface area contributed by atoms with Crippen molar-refractivity contribution >= 4 is 17.4 Å². The summed E-state index contributed by atoms with van der Waals surface area (Å²) in [5.41, 5.74) is 5.77. The van der Waals surface area contributed by atoms with Gasteiger partial charge in [0.15, 0.2) is 5.78 Å². The van der Waals surface area contributed by atoms with Gasteiger partial charge in [-0.2, -0.15) is 5.10 Å². The van der Waals surface area contributed by atoms with Crippen LogP contribution in [0.1, 0.15) is 23.3 Å². The van der Waals surface area contributed by atoms with Crippen LogP contribution < -0.4 is 5.73 Å². The molecule has 0 spiro atoms. The molecule has 0 unspecified atom stereocenters. The van der Waals surface area contributed by atoms with Crippen molar-refractivity contribution in [2.24, 2.45) is 12.8 Å². The molecule has 0 amide bonds. The van der Waals surface area contributed by atoms with Crippen molar-refractivity contribution in [2.45, 2.75) is 12.8 Å². The van der Waals surface area contributed by atoms with Crippen LogP contribution in [0.3, 0.4) is 0 Å². The van der Waals surface area contributed by atoms with Gasteiger partial charge in [-0.3, -0.25) is 9.48 Å². The molecule has 0 aliphatic heterocycles. The monoisotopic (exact) mass is 201 g/mol. The summed E-state index contributed by atoms with van der Waals surface area (Å²) in [5, 5.41) is 4.28. The van der Waals surface area contributed by atoms with Crippen molar-refractivity contribution in [3.8, 4) is 0 Å². The van der Waals surface area contributed by atoms with Gasteiger partial charge in [-0.15, -0.1) is 0 Å². The third-order valence-corrected chi connectivity index (χ3v) is 2.04. The number of rotatable bonds is 4. The quantitative estimate of drug-likeness (QED) is 0.740. The van der Waals surface area contributed by atoms with E-state index in [1.165, 1.54) is 10.9 Å². The molecule has 4 nitrogen and oxygen atoms in total. The van der Waals surface area contributed by atoms with Gasteiger partial charge in [0.25, 0.3) is 0 Å². The maximum absolute atomic E-state index is 11.5. The highest BCUT2D eigenvalue weighted by molar-refractivity contribution is 6.33. The van der Waals surface area contributed by atoms with Gasteiger partial charge in [0.05, 0.1) is 11.2 Å². The fourth-order valence-corrected chi connectivity index (χ4v) is 1.38. The second-order valence-corrected chi connectivity index (χ2v) is 3.19. The second-order valence-electron chi connectivity index (χ2n) is 2.78. The average Bonchev–Trinajstić information content (AvgIpc) is 2.42.